The summed E-state index contributed by atoms with van der Waals surface area (Å²) in [5.74, 6) is -0.426. The van der Waals surface area contributed by atoms with E-state index < -0.39 is 11.6 Å². The Morgan fingerprint density at radius 2 is 1.79 bits per heavy atom. The fourth-order valence-electron chi connectivity index (χ4n) is 2.24. The van der Waals surface area contributed by atoms with E-state index >= 15 is 0 Å². The van der Waals surface area contributed by atoms with Gasteiger partial charge in [0.05, 0.1) is 6.20 Å². The first kappa shape index (κ1) is 16.0. The van der Waals surface area contributed by atoms with Gasteiger partial charge in [-0.25, -0.2) is 4.79 Å². The van der Waals surface area contributed by atoms with E-state index in [-0.39, 0.29) is 5.76 Å². The average Bonchev–Trinajstić information content (AvgIpc) is 3.15. The first-order valence-corrected chi connectivity index (χ1v) is 7.61. The van der Waals surface area contributed by atoms with E-state index in [1.54, 1.807) is 31.5 Å². The van der Waals surface area contributed by atoms with Gasteiger partial charge in [0.15, 0.2) is 0 Å². The summed E-state index contributed by atoms with van der Waals surface area (Å²) in [6.45, 7) is 5.41. The van der Waals surface area contributed by atoms with Crippen molar-refractivity contribution >= 4 is 5.97 Å². The van der Waals surface area contributed by atoms with E-state index in [9.17, 15) is 4.79 Å². The van der Waals surface area contributed by atoms with Crippen molar-refractivity contribution in [1.29, 1.82) is 0 Å². The minimum Gasteiger partial charge on any atom is -0.454 e. The molecule has 0 saturated heterocycles. The molecule has 0 N–H and O–H groups in total. The molecule has 2 aromatic heterocycles. The molecule has 2 heterocycles. The number of benzene rings is 1. The molecule has 0 aliphatic rings. The molecular formula is C18H19N3O3. The lowest BCUT2D eigenvalue weighted by molar-refractivity contribution is 0.00277. The summed E-state index contributed by atoms with van der Waals surface area (Å²) < 4.78 is 12.1. The third kappa shape index (κ3) is 3.53. The molecule has 0 amide bonds. The van der Waals surface area contributed by atoms with E-state index in [2.05, 4.69) is 10.3 Å². The Balaban J connectivity index is 1.79. The zero-order chi connectivity index (χ0) is 17.3. The van der Waals surface area contributed by atoms with Crippen molar-refractivity contribution < 1.29 is 14.1 Å². The van der Waals surface area contributed by atoms with Crippen molar-refractivity contribution in [2.24, 2.45) is 7.05 Å². The minimum absolute atomic E-state index is 0.0938. The van der Waals surface area contributed by atoms with Crippen LogP contribution in [0.5, 0.6) is 0 Å². The first-order valence-electron chi connectivity index (χ1n) is 7.61. The Hall–Kier alpha value is -2.89. The largest absolute Gasteiger partial charge is 0.454 e. The average molecular weight is 325 g/mol. The quantitative estimate of drug-likeness (QED) is 0.687. The van der Waals surface area contributed by atoms with Crippen molar-refractivity contribution in [3.8, 4) is 22.4 Å². The molecule has 6 heteroatoms. The highest BCUT2D eigenvalue weighted by molar-refractivity contribution is 5.87. The van der Waals surface area contributed by atoms with Gasteiger partial charge in [0.1, 0.15) is 11.3 Å². The van der Waals surface area contributed by atoms with Crippen molar-refractivity contribution in [2.75, 3.05) is 0 Å². The summed E-state index contributed by atoms with van der Waals surface area (Å²) in [7, 11) is 1.88. The third-order valence-electron chi connectivity index (χ3n) is 3.33. The zero-order valence-electron chi connectivity index (χ0n) is 14.1. The predicted octanol–water partition coefficient (Wildman–Crippen LogP) is 3.70. The highest BCUT2D eigenvalue weighted by Crippen LogP contribution is 2.25. The molecule has 24 heavy (non-hydrogen) atoms. The lowest BCUT2D eigenvalue weighted by atomic mass is 10.1. The van der Waals surface area contributed by atoms with Crippen LogP contribution in [-0.2, 0) is 11.8 Å². The van der Waals surface area contributed by atoms with Crippen LogP contribution in [0.2, 0.25) is 0 Å². The van der Waals surface area contributed by atoms with Gasteiger partial charge in [-0.3, -0.25) is 4.68 Å². The highest BCUT2D eigenvalue weighted by atomic mass is 16.6. The van der Waals surface area contributed by atoms with Gasteiger partial charge in [-0.2, -0.15) is 5.10 Å². The number of esters is 1. The van der Waals surface area contributed by atoms with Crippen molar-refractivity contribution in [1.82, 2.24) is 14.9 Å². The Morgan fingerprint density at radius 1 is 1.12 bits per heavy atom. The van der Waals surface area contributed by atoms with E-state index in [1.165, 1.54) is 0 Å². The molecule has 0 bridgehead atoms. The minimum atomic E-state index is -0.574. The van der Waals surface area contributed by atoms with Crippen LogP contribution in [0.25, 0.3) is 22.4 Å². The summed E-state index contributed by atoms with van der Waals surface area (Å²) >= 11 is 0. The van der Waals surface area contributed by atoms with Crippen LogP contribution < -0.4 is 0 Å². The van der Waals surface area contributed by atoms with Crippen LogP contribution in [0.1, 0.15) is 31.3 Å². The van der Waals surface area contributed by atoms with Crippen molar-refractivity contribution in [3.63, 3.8) is 0 Å². The summed E-state index contributed by atoms with van der Waals surface area (Å²) in [5, 5.41) is 8.12. The van der Waals surface area contributed by atoms with Gasteiger partial charge in [0.25, 0.3) is 0 Å². The van der Waals surface area contributed by atoms with E-state index in [0.29, 0.717) is 5.69 Å². The second-order valence-corrected chi connectivity index (χ2v) is 6.56. The maximum atomic E-state index is 12.0. The number of aryl methyl sites for hydroxylation is 1. The van der Waals surface area contributed by atoms with E-state index in [0.717, 1.165) is 16.7 Å². The van der Waals surface area contributed by atoms with Gasteiger partial charge < -0.3 is 9.26 Å². The van der Waals surface area contributed by atoms with Crippen LogP contribution in [0.4, 0.5) is 0 Å². The number of nitrogens with zero attached hydrogens (tertiary/aromatic N) is 3. The number of hydrogen-bond donors (Lipinski definition) is 0. The van der Waals surface area contributed by atoms with Crippen LogP contribution in [0, 0.1) is 0 Å². The Bertz CT molecular complexity index is 854. The number of carbonyl (C=O) groups excluding carboxylic acids is 1. The summed E-state index contributed by atoms with van der Waals surface area (Å²) in [6, 6.07) is 9.41. The number of rotatable bonds is 3. The highest BCUT2D eigenvalue weighted by Gasteiger charge is 2.22. The van der Waals surface area contributed by atoms with Gasteiger partial charge in [0, 0.05) is 30.4 Å². The smallest absolute Gasteiger partial charge is 0.377 e. The molecule has 6 nitrogen and oxygen atoms in total. The van der Waals surface area contributed by atoms with Gasteiger partial charge in [-0.15, -0.1) is 0 Å². The van der Waals surface area contributed by atoms with Crippen LogP contribution in [0.3, 0.4) is 0 Å². The molecule has 0 fully saturated rings. The van der Waals surface area contributed by atoms with E-state index in [4.69, 9.17) is 9.26 Å². The monoisotopic (exact) mass is 325 g/mol. The topological polar surface area (TPSA) is 70.2 Å². The fourth-order valence-corrected chi connectivity index (χ4v) is 2.24. The number of aromatic nitrogens is 3. The maximum Gasteiger partial charge on any atom is 0.377 e. The number of hydrogen-bond acceptors (Lipinski definition) is 5. The van der Waals surface area contributed by atoms with Gasteiger partial charge in [-0.05, 0) is 26.3 Å². The van der Waals surface area contributed by atoms with Crippen LogP contribution in [0.15, 0.2) is 47.2 Å². The summed E-state index contributed by atoms with van der Waals surface area (Å²) in [6.07, 6.45) is 3.76. The summed E-state index contributed by atoms with van der Waals surface area (Å²) in [5.41, 5.74) is 2.98. The van der Waals surface area contributed by atoms with Crippen LogP contribution in [-0.4, -0.2) is 26.5 Å². The maximum absolute atomic E-state index is 12.0. The van der Waals surface area contributed by atoms with Gasteiger partial charge in [-0.1, -0.05) is 29.4 Å². The van der Waals surface area contributed by atoms with Crippen LogP contribution >= 0.6 is 0 Å². The molecule has 1 aromatic carbocycles. The molecular weight excluding hydrogens is 306 g/mol. The second kappa shape index (κ2) is 5.96. The molecule has 0 aliphatic heterocycles. The van der Waals surface area contributed by atoms with Gasteiger partial charge in [0.2, 0.25) is 5.76 Å². The number of carbonyl (C=O) groups is 1. The predicted molar refractivity (Wildman–Crippen MR) is 89.3 cm³/mol. The molecule has 0 saturated carbocycles. The molecule has 0 unspecified atom stereocenters. The van der Waals surface area contributed by atoms with Crippen molar-refractivity contribution in [3.05, 3.63) is 48.5 Å². The fraction of sp³-hybridized carbons (Fsp3) is 0.278. The van der Waals surface area contributed by atoms with Gasteiger partial charge >= 0.3 is 5.97 Å². The Kier molecular flexibility index (Phi) is 3.97. The molecule has 0 atom stereocenters. The molecule has 3 aromatic rings. The van der Waals surface area contributed by atoms with Crippen molar-refractivity contribution in [2.45, 2.75) is 26.4 Å². The summed E-state index contributed by atoms with van der Waals surface area (Å²) in [4.78, 5) is 12.0. The molecule has 0 aliphatic carbocycles. The SMILES string of the molecule is Cn1cc(-c2ccc(-c3cc(C(=O)OC(C)(C)C)on3)cc2)cn1. The van der Waals surface area contributed by atoms with E-state index in [1.807, 2.05) is 43.7 Å². The standard InChI is InChI=1S/C18H19N3O3/c1-18(2,3)23-17(22)16-9-15(20-24-16)13-7-5-12(6-8-13)14-10-19-21(4)11-14/h5-11H,1-4H3. The lowest BCUT2D eigenvalue weighted by Crippen LogP contribution is -2.23. The second-order valence-electron chi connectivity index (χ2n) is 6.56. The normalized spacial score (nSPS) is 11.5. The lowest BCUT2D eigenvalue weighted by Gasteiger charge is -2.17. The Labute approximate surface area is 140 Å². The Morgan fingerprint density at radius 3 is 2.38 bits per heavy atom. The molecule has 3 rings (SSSR count). The molecule has 0 radical (unpaired) electrons. The molecule has 0 spiro atoms. The number of ether oxygens (including phenoxy) is 1. The first-order chi connectivity index (χ1) is 11.3. The third-order valence-corrected chi connectivity index (χ3v) is 3.33. The zero-order valence-corrected chi connectivity index (χ0v) is 14.1. The molecule has 124 valence electrons.